The number of ether oxygens (including phenoxy) is 2. The number of aliphatic hydroxyl groups excluding tert-OH is 7. The zero-order valence-electron chi connectivity index (χ0n) is 52.5. The van der Waals surface area contributed by atoms with Crippen molar-refractivity contribution >= 4 is 5.91 Å². The monoisotopic (exact) mass is 1150 g/mol. The molecule has 1 fully saturated rings. The lowest BCUT2D eigenvalue weighted by molar-refractivity contribution is -0.303. The molecule has 0 aromatic heterocycles. The van der Waals surface area contributed by atoms with Crippen LogP contribution in [0.15, 0.2) is 48.6 Å². The molecule has 476 valence electrons. The van der Waals surface area contributed by atoms with Gasteiger partial charge in [0.05, 0.1) is 25.4 Å². The minimum absolute atomic E-state index is 0.241. The number of rotatable bonds is 60. The predicted molar refractivity (Wildman–Crippen MR) is 339 cm³/mol. The van der Waals surface area contributed by atoms with Crippen molar-refractivity contribution in [3.05, 3.63) is 48.6 Å². The van der Waals surface area contributed by atoms with Crippen LogP contribution in [0, 0.1) is 0 Å². The van der Waals surface area contributed by atoms with Crippen LogP contribution < -0.4 is 5.32 Å². The summed E-state index contributed by atoms with van der Waals surface area (Å²) < 4.78 is 11.2. The quantitative estimate of drug-likeness (QED) is 0.0215. The van der Waals surface area contributed by atoms with E-state index in [9.17, 15) is 40.5 Å². The molecule has 1 aliphatic heterocycles. The number of allylic oxidation sites excluding steroid dienone is 8. The largest absolute Gasteiger partial charge is 0.394 e. The Morgan fingerprint density at radius 1 is 0.420 bits per heavy atom. The molecule has 9 unspecified atom stereocenters. The van der Waals surface area contributed by atoms with Crippen molar-refractivity contribution in [2.75, 3.05) is 13.2 Å². The van der Waals surface area contributed by atoms with Gasteiger partial charge in [-0.2, -0.15) is 0 Å². The Balaban J connectivity index is 2.22. The minimum atomic E-state index is -1.67. The Labute approximate surface area is 498 Å². The van der Waals surface area contributed by atoms with E-state index in [1.54, 1.807) is 0 Å². The Morgan fingerprint density at radius 3 is 1.10 bits per heavy atom. The van der Waals surface area contributed by atoms with E-state index in [2.05, 4.69) is 67.8 Å². The summed E-state index contributed by atoms with van der Waals surface area (Å²) in [4.78, 5) is 13.2. The molecule has 9 atom stereocenters. The van der Waals surface area contributed by atoms with E-state index in [1.165, 1.54) is 231 Å². The van der Waals surface area contributed by atoms with Crippen molar-refractivity contribution in [1.82, 2.24) is 5.32 Å². The summed E-state index contributed by atoms with van der Waals surface area (Å²) in [6.45, 7) is 3.47. The summed E-state index contributed by atoms with van der Waals surface area (Å²) in [7, 11) is 0. The van der Waals surface area contributed by atoms with Crippen LogP contribution in [0.3, 0.4) is 0 Å². The summed E-state index contributed by atoms with van der Waals surface area (Å²) >= 11 is 0. The van der Waals surface area contributed by atoms with Crippen LogP contribution >= 0.6 is 0 Å². The van der Waals surface area contributed by atoms with Gasteiger partial charge in [-0.3, -0.25) is 4.79 Å². The normalized spacial score (nSPS) is 19.4. The molecule has 11 heteroatoms. The second kappa shape index (κ2) is 58.5. The molecule has 1 heterocycles. The first-order chi connectivity index (χ1) is 39.7. The van der Waals surface area contributed by atoms with Crippen LogP contribution in [0.2, 0.25) is 0 Å². The topological polar surface area (TPSA) is 189 Å². The lowest BCUT2D eigenvalue weighted by Crippen LogP contribution is -2.60. The van der Waals surface area contributed by atoms with Crippen molar-refractivity contribution in [2.24, 2.45) is 0 Å². The summed E-state index contributed by atoms with van der Waals surface area (Å²) in [5, 5.41) is 76.4. The van der Waals surface area contributed by atoms with E-state index in [0.717, 1.165) is 44.9 Å². The highest BCUT2D eigenvalue weighted by molar-refractivity contribution is 5.80. The first-order valence-corrected chi connectivity index (χ1v) is 34.5. The van der Waals surface area contributed by atoms with Gasteiger partial charge in [0.25, 0.3) is 0 Å². The highest BCUT2D eigenvalue weighted by Gasteiger charge is 2.44. The van der Waals surface area contributed by atoms with Crippen LogP contribution in [0.25, 0.3) is 0 Å². The smallest absolute Gasteiger partial charge is 0.249 e. The van der Waals surface area contributed by atoms with Gasteiger partial charge in [-0.05, 0) is 89.9 Å². The molecule has 1 aliphatic rings. The van der Waals surface area contributed by atoms with Crippen LogP contribution in [-0.2, 0) is 14.3 Å². The third kappa shape index (κ3) is 46.0. The Kier molecular flexibility index (Phi) is 55.6. The molecule has 1 amide bonds. The van der Waals surface area contributed by atoms with Gasteiger partial charge >= 0.3 is 0 Å². The number of aliphatic hydroxyl groups is 7. The van der Waals surface area contributed by atoms with Gasteiger partial charge in [0.2, 0.25) is 5.91 Å². The number of nitrogens with one attached hydrogen (secondary N) is 1. The zero-order chi connectivity index (χ0) is 58.9. The standard InChI is InChI=1S/C70H131NO10/c1-3-5-7-9-11-13-15-17-19-21-23-25-27-28-29-30-31-32-33-34-35-36-38-40-42-44-46-48-50-52-54-56-58-63(74)69(79)71-61(60-80-70-68(78)67(77)66(76)64(59-72)81-70)65(75)62(73)57-55-53-51-49-47-45-43-41-39-37-26-24-22-20-18-16-14-12-10-8-6-4-2/h24,26,28-29,41,43,49,51,61-68,70,72-78H,3-23,25,27,30-40,42,44-48,50,52-60H2,1-2H3,(H,71,79)/b26-24+,29-28-,43-41+,51-49+. The van der Waals surface area contributed by atoms with Crippen LogP contribution in [-0.4, -0.2) is 110 Å². The minimum Gasteiger partial charge on any atom is -0.394 e. The van der Waals surface area contributed by atoms with Gasteiger partial charge in [0.1, 0.15) is 36.6 Å². The molecule has 0 spiro atoms. The van der Waals surface area contributed by atoms with E-state index >= 15 is 0 Å². The number of carbonyl (C=O) groups excluding carboxylic acids is 1. The maximum absolute atomic E-state index is 13.2. The lowest BCUT2D eigenvalue weighted by atomic mass is 9.98. The number of amides is 1. The third-order valence-electron chi connectivity index (χ3n) is 16.6. The maximum Gasteiger partial charge on any atom is 0.249 e. The van der Waals surface area contributed by atoms with Gasteiger partial charge in [-0.25, -0.2) is 0 Å². The van der Waals surface area contributed by atoms with Gasteiger partial charge in [0, 0.05) is 0 Å². The molecule has 0 bridgehead atoms. The number of carbonyl (C=O) groups is 1. The molecule has 11 nitrogen and oxygen atoms in total. The first-order valence-electron chi connectivity index (χ1n) is 34.5. The molecule has 1 rings (SSSR count). The van der Waals surface area contributed by atoms with Crippen molar-refractivity contribution < 1.29 is 50.0 Å². The summed E-state index contributed by atoms with van der Waals surface area (Å²) in [6, 6.07) is -1.20. The number of hydrogen-bond acceptors (Lipinski definition) is 10. The molecule has 1 saturated heterocycles. The summed E-state index contributed by atoms with van der Waals surface area (Å²) in [5.74, 6) is -0.708. The number of hydrogen-bond donors (Lipinski definition) is 8. The van der Waals surface area contributed by atoms with Crippen molar-refractivity contribution in [3.63, 3.8) is 0 Å². The molecular weight excluding hydrogens is 1010 g/mol. The lowest BCUT2D eigenvalue weighted by Gasteiger charge is -2.40. The van der Waals surface area contributed by atoms with Crippen LogP contribution in [0.4, 0.5) is 0 Å². The zero-order valence-corrected chi connectivity index (χ0v) is 52.5. The molecular formula is C70H131NO10. The maximum atomic E-state index is 13.2. The van der Waals surface area contributed by atoms with E-state index in [1.807, 2.05) is 0 Å². The fourth-order valence-electron chi connectivity index (χ4n) is 11.0. The predicted octanol–water partition coefficient (Wildman–Crippen LogP) is 16.4. The van der Waals surface area contributed by atoms with Gasteiger partial charge < -0.3 is 50.5 Å². The van der Waals surface area contributed by atoms with Crippen LogP contribution in [0.5, 0.6) is 0 Å². The average molecular weight is 1150 g/mol. The molecule has 0 saturated carbocycles. The summed E-state index contributed by atoms with van der Waals surface area (Å²) in [6.07, 6.45) is 64.8. The van der Waals surface area contributed by atoms with E-state index < -0.39 is 74.2 Å². The Morgan fingerprint density at radius 2 is 0.741 bits per heavy atom. The van der Waals surface area contributed by atoms with Gasteiger partial charge in [-0.1, -0.05) is 281 Å². The third-order valence-corrected chi connectivity index (χ3v) is 16.6. The molecule has 0 aromatic rings. The second-order valence-electron chi connectivity index (χ2n) is 24.2. The van der Waals surface area contributed by atoms with E-state index in [0.29, 0.717) is 19.3 Å². The van der Waals surface area contributed by atoms with Gasteiger partial charge in [-0.15, -0.1) is 0 Å². The highest BCUT2D eigenvalue weighted by Crippen LogP contribution is 2.24. The van der Waals surface area contributed by atoms with E-state index in [-0.39, 0.29) is 12.8 Å². The van der Waals surface area contributed by atoms with Crippen molar-refractivity contribution in [1.29, 1.82) is 0 Å². The average Bonchev–Trinajstić information content (AvgIpc) is 3.49. The SMILES string of the molecule is CCCCCCCCCCC/C=C/CC/C=C/CC/C=C/CCCC(O)C(O)C(COC1OC(CO)C(O)C(O)C1O)NC(=O)C(O)CCCCCCCCCCCCCCCCCC/C=C\CCCCCCCCCCCCCC. The molecule has 0 radical (unpaired) electrons. The van der Waals surface area contributed by atoms with Crippen LogP contribution in [0.1, 0.15) is 322 Å². The molecule has 8 N–H and O–H groups in total. The number of unbranched alkanes of at least 4 members (excludes halogenated alkanes) is 40. The molecule has 81 heavy (non-hydrogen) atoms. The Hall–Kier alpha value is -1.93. The Bertz CT molecular complexity index is 1460. The van der Waals surface area contributed by atoms with E-state index in [4.69, 9.17) is 9.47 Å². The second-order valence-corrected chi connectivity index (χ2v) is 24.2. The van der Waals surface area contributed by atoms with Crippen molar-refractivity contribution in [3.8, 4) is 0 Å². The van der Waals surface area contributed by atoms with Crippen molar-refractivity contribution in [2.45, 2.75) is 377 Å². The fourth-order valence-corrected chi connectivity index (χ4v) is 11.0. The fraction of sp³-hybridized carbons (Fsp3) is 0.871. The van der Waals surface area contributed by atoms with Gasteiger partial charge in [0.15, 0.2) is 6.29 Å². The highest BCUT2D eigenvalue weighted by atomic mass is 16.7. The first kappa shape index (κ1) is 77.1. The molecule has 0 aromatic carbocycles. The summed E-state index contributed by atoms with van der Waals surface area (Å²) in [5.41, 5.74) is 0. The molecule has 0 aliphatic carbocycles.